The van der Waals surface area contributed by atoms with E-state index in [9.17, 15) is 4.79 Å². The highest BCUT2D eigenvalue weighted by Crippen LogP contribution is 2.23. The van der Waals surface area contributed by atoms with Gasteiger partial charge in [-0.1, -0.05) is 42.5 Å². The maximum atomic E-state index is 11.0. The fraction of sp³-hybridized carbons (Fsp3) is 0.400. The molecule has 1 atom stereocenters. The topological polar surface area (TPSA) is 29.5 Å². The fourth-order valence-corrected chi connectivity index (χ4v) is 2.23. The second-order valence-corrected chi connectivity index (χ2v) is 4.48. The minimum Gasteiger partial charge on any atom is -0.464 e. The Balaban J connectivity index is 2.11. The molecule has 0 unspecified atom stereocenters. The minimum atomic E-state index is -0.219. The van der Waals surface area contributed by atoms with E-state index in [0.717, 1.165) is 19.5 Å². The van der Waals surface area contributed by atoms with E-state index < -0.39 is 0 Å². The zero-order valence-electron chi connectivity index (χ0n) is 10.7. The summed E-state index contributed by atoms with van der Waals surface area (Å²) >= 11 is 0. The number of esters is 1. The molecule has 0 amide bonds. The predicted molar refractivity (Wildman–Crippen MR) is 71.1 cm³/mol. The van der Waals surface area contributed by atoms with E-state index in [2.05, 4.69) is 29.2 Å². The smallest absolute Gasteiger partial charge is 0.302 e. The van der Waals surface area contributed by atoms with Gasteiger partial charge in [-0.2, -0.15) is 0 Å². The van der Waals surface area contributed by atoms with Gasteiger partial charge in [0.1, 0.15) is 6.61 Å². The van der Waals surface area contributed by atoms with E-state index in [0.29, 0.717) is 6.61 Å². The van der Waals surface area contributed by atoms with Gasteiger partial charge in [0.05, 0.1) is 6.04 Å². The van der Waals surface area contributed by atoms with Crippen molar-refractivity contribution in [1.29, 1.82) is 0 Å². The Kier molecular flexibility index (Phi) is 4.53. The van der Waals surface area contributed by atoms with Crippen LogP contribution in [0.3, 0.4) is 0 Å². The summed E-state index contributed by atoms with van der Waals surface area (Å²) < 4.78 is 5.21. The van der Waals surface area contributed by atoms with Crippen LogP contribution in [0.1, 0.15) is 24.9 Å². The Labute approximate surface area is 108 Å². The lowest BCUT2D eigenvalue weighted by atomic mass is 10.0. The third kappa shape index (κ3) is 3.44. The molecule has 2 rings (SSSR count). The monoisotopic (exact) mass is 245 g/mol. The maximum absolute atomic E-state index is 11.0. The molecular formula is C15H19NO2. The van der Waals surface area contributed by atoms with Crippen molar-refractivity contribution in [1.82, 2.24) is 4.90 Å². The summed E-state index contributed by atoms with van der Waals surface area (Å²) in [6, 6.07) is 10.4. The number of nitrogens with zero attached hydrogens (tertiary/aromatic N) is 1. The van der Waals surface area contributed by atoms with Gasteiger partial charge >= 0.3 is 5.97 Å². The van der Waals surface area contributed by atoms with Gasteiger partial charge in [-0.05, 0) is 12.0 Å². The average molecular weight is 245 g/mol. The number of hydrogen-bond donors (Lipinski definition) is 0. The van der Waals surface area contributed by atoms with Gasteiger partial charge in [0, 0.05) is 20.0 Å². The largest absolute Gasteiger partial charge is 0.464 e. The second kappa shape index (κ2) is 6.36. The van der Waals surface area contributed by atoms with Crippen LogP contribution < -0.4 is 0 Å². The van der Waals surface area contributed by atoms with Crippen LogP contribution in [0, 0.1) is 0 Å². The second-order valence-electron chi connectivity index (χ2n) is 4.48. The molecule has 0 spiro atoms. The van der Waals surface area contributed by atoms with E-state index in [1.807, 2.05) is 18.2 Å². The number of benzene rings is 1. The zero-order valence-corrected chi connectivity index (χ0v) is 10.7. The lowest BCUT2D eigenvalue weighted by Crippen LogP contribution is -2.34. The number of rotatable bonds is 4. The van der Waals surface area contributed by atoms with Crippen molar-refractivity contribution in [3.63, 3.8) is 0 Å². The molecule has 1 heterocycles. The highest BCUT2D eigenvalue weighted by Gasteiger charge is 2.21. The lowest BCUT2D eigenvalue weighted by Gasteiger charge is -2.32. The van der Waals surface area contributed by atoms with Gasteiger partial charge in [0.15, 0.2) is 0 Å². The van der Waals surface area contributed by atoms with Crippen LogP contribution in [0.2, 0.25) is 0 Å². The Morgan fingerprint density at radius 2 is 2.11 bits per heavy atom. The first-order chi connectivity index (χ1) is 8.77. The van der Waals surface area contributed by atoms with Gasteiger partial charge in [-0.15, -0.1) is 0 Å². The van der Waals surface area contributed by atoms with Crippen LogP contribution in [0.4, 0.5) is 0 Å². The fourth-order valence-electron chi connectivity index (χ4n) is 2.23. The third-order valence-corrected chi connectivity index (χ3v) is 3.16. The Bertz CT molecular complexity index is 414. The molecule has 0 fully saturated rings. The number of carbonyl (C=O) groups excluding carboxylic acids is 1. The predicted octanol–water partition coefficient (Wildman–Crippen LogP) is 2.55. The molecule has 0 aliphatic carbocycles. The number of carbonyl (C=O) groups is 1. The first kappa shape index (κ1) is 12.8. The summed E-state index contributed by atoms with van der Waals surface area (Å²) in [7, 11) is 0. The van der Waals surface area contributed by atoms with Gasteiger partial charge in [0.25, 0.3) is 0 Å². The lowest BCUT2D eigenvalue weighted by molar-refractivity contribution is -0.142. The van der Waals surface area contributed by atoms with Crippen LogP contribution in [-0.4, -0.2) is 30.6 Å². The standard InChI is InChI=1S/C15H19NO2/c1-13(17)18-12-15(14-8-4-2-5-9-14)16-10-6-3-7-11-16/h2-6,8-9,15H,7,10-12H2,1H3/t15-/m0/s1. The Morgan fingerprint density at radius 1 is 1.33 bits per heavy atom. The molecule has 1 aliphatic heterocycles. The van der Waals surface area contributed by atoms with E-state index in [4.69, 9.17) is 4.74 Å². The van der Waals surface area contributed by atoms with Gasteiger partial charge in [-0.25, -0.2) is 0 Å². The van der Waals surface area contributed by atoms with Crippen molar-refractivity contribution < 1.29 is 9.53 Å². The minimum absolute atomic E-state index is 0.153. The molecule has 18 heavy (non-hydrogen) atoms. The molecule has 0 saturated heterocycles. The molecule has 0 saturated carbocycles. The molecule has 0 N–H and O–H groups in total. The first-order valence-corrected chi connectivity index (χ1v) is 6.35. The van der Waals surface area contributed by atoms with Crippen LogP contribution >= 0.6 is 0 Å². The van der Waals surface area contributed by atoms with Crippen LogP contribution in [-0.2, 0) is 9.53 Å². The molecule has 1 aliphatic rings. The van der Waals surface area contributed by atoms with Crippen molar-refractivity contribution in [3.8, 4) is 0 Å². The molecule has 0 radical (unpaired) electrons. The maximum Gasteiger partial charge on any atom is 0.302 e. The summed E-state index contributed by atoms with van der Waals surface area (Å²) in [5.74, 6) is -0.219. The summed E-state index contributed by atoms with van der Waals surface area (Å²) in [6.07, 6.45) is 5.43. The van der Waals surface area contributed by atoms with Crippen molar-refractivity contribution in [2.45, 2.75) is 19.4 Å². The van der Waals surface area contributed by atoms with Crippen molar-refractivity contribution in [2.24, 2.45) is 0 Å². The molecule has 1 aromatic rings. The molecular weight excluding hydrogens is 226 g/mol. The molecule has 3 nitrogen and oxygen atoms in total. The van der Waals surface area contributed by atoms with Crippen LogP contribution in [0.25, 0.3) is 0 Å². The summed E-state index contributed by atoms with van der Waals surface area (Å²) in [5, 5.41) is 0. The van der Waals surface area contributed by atoms with Gasteiger partial charge in [0.2, 0.25) is 0 Å². The number of hydrogen-bond acceptors (Lipinski definition) is 3. The summed E-state index contributed by atoms with van der Waals surface area (Å²) in [5.41, 5.74) is 1.20. The van der Waals surface area contributed by atoms with Crippen LogP contribution in [0.5, 0.6) is 0 Å². The highest BCUT2D eigenvalue weighted by molar-refractivity contribution is 5.65. The molecule has 0 aromatic heterocycles. The van der Waals surface area contributed by atoms with Gasteiger partial charge < -0.3 is 4.74 Å². The third-order valence-electron chi connectivity index (χ3n) is 3.16. The van der Waals surface area contributed by atoms with Crippen molar-refractivity contribution in [2.75, 3.05) is 19.7 Å². The highest BCUT2D eigenvalue weighted by atomic mass is 16.5. The van der Waals surface area contributed by atoms with Crippen molar-refractivity contribution >= 4 is 5.97 Å². The van der Waals surface area contributed by atoms with Gasteiger partial charge in [-0.3, -0.25) is 9.69 Å². The van der Waals surface area contributed by atoms with E-state index >= 15 is 0 Å². The Morgan fingerprint density at radius 3 is 2.72 bits per heavy atom. The molecule has 3 heteroatoms. The number of ether oxygens (including phenoxy) is 1. The van der Waals surface area contributed by atoms with Crippen LogP contribution in [0.15, 0.2) is 42.5 Å². The SMILES string of the molecule is CC(=O)OC[C@@H](c1ccccc1)N1CC=CCC1. The molecule has 1 aromatic carbocycles. The quantitative estimate of drug-likeness (QED) is 0.603. The first-order valence-electron chi connectivity index (χ1n) is 6.35. The molecule has 0 bridgehead atoms. The zero-order chi connectivity index (χ0) is 12.8. The molecule has 96 valence electrons. The Hall–Kier alpha value is -1.61. The summed E-state index contributed by atoms with van der Waals surface area (Å²) in [6.45, 7) is 3.81. The van der Waals surface area contributed by atoms with E-state index in [1.165, 1.54) is 12.5 Å². The normalized spacial score (nSPS) is 17.4. The van der Waals surface area contributed by atoms with Crippen molar-refractivity contribution in [3.05, 3.63) is 48.0 Å². The van der Waals surface area contributed by atoms with E-state index in [-0.39, 0.29) is 12.0 Å². The summed E-state index contributed by atoms with van der Waals surface area (Å²) in [4.78, 5) is 13.4. The van der Waals surface area contributed by atoms with E-state index in [1.54, 1.807) is 0 Å². The average Bonchev–Trinajstić information content (AvgIpc) is 2.41.